The second kappa shape index (κ2) is 7.26. The van der Waals surface area contributed by atoms with Crippen LogP contribution >= 0.6 is 0 Å². The number of ether oxygens (including phenoxy) is 1. The minimum atomic E-state index is -1.19. The first-order chi connectivity index (χ1) is 9.74. The van der Waals surface area contributed by atoms with Gasteiger partial charge in [-0.1, -0.05) is 18.2 Å². The molecule has 0 fully saturated rings. The summed E-state index contributed by atoms with van der Waals surface area (Å²) in [5.41, 5.74) is 2.77. The van der Waals surface area contributed by atoms with Crippen molar-refractivity contribution >= 4 is 11.8 Å². The van der Waals surface area contributed by atoms with Gasteiger partial charge in [-0.05, 0) is 26.8 Å². The third-order valence-electron chi connectivity index (χ3n) is 2.65. The molecule has 7 heteroatoms. The summed E-state index contributed by atoms with van der Waals surface area (Å²) < 4.78 is 5.04. The molecule has 0 aromatic heterocycles. The third kappa shape index (κ3) is 5.58. The van der Waals surface area contributed by atoms with Gasteiger partial charge in [0.1, 0.15) is 17.8 Å². The average molecular weight is 297 g/mol. The van der Waals surface area contributed by atoms with Crippen molar-refractivity contribution in [1.29, 1.82) is 0 Å². The summed E-state index contributed by atoms with van der Waals surface area (Å²) in [6.45, 7) is 5.07. The molecule has 2 unspecified atom stereocenters. The largest absolute Gasteiger partial charge is 0.444 e. The number of aliphatic hydroxyl groups excluding tert-OH is 2. The van der Waals surface area contributed by atoms with Gasteiger partial charge >= 0.3 is 6.09 Å². The summed E-state index contributed by atoms with van der Waals surface area (Å²) in [5, 5.41) is 22.5. The van der Waals surface area contributed by atoms with Crippen LogP contribution in [0.4, 0.5) is 10.5 Å². The Bertz CT molecular complexity index is 474. The van der Waals surface area contributed by atoms with E-state index in [0.29, 0.717) is 11.3 Å². The number of carbonyl (C=O) groups is 1. The summed E-state index contributed by atoms with van der Waals surface area (Å²) in [6.07, 6.45) is -3.03. The highest BCUT2D eigenvalue weighted by molar-refractivity contribution is 5.67. The minimum Gasteiger partial charge on any atom is -0.444 e. The number of nitrogens with one attached hydrogen (secondary N) is 2. The van der Waals surface area contributed by atoms with E-state index in [4.69, 9.17) is 10.6 Å². The molecule has 2 atom stereocenters. The summed E-state index contributed by atoms with van der Waals surface area (Å²) in [5.74, 6) is 5.35. The Morgan fingerprint density at radius 2 is 1.95 bits per heavy atom. The Morgan fingerprint density at radius 3 is 2.52 bits per heavy atom. The van der Waals surface area contributed by atoms with Crippen molar-refractivity contribution in [1.82, 2.24) is 5.32 Å². The van der Waals surface area contributed by atoms with Gasteiger partial charge in [-0.3, -0.25) is 5.84 Å². The molecule has 1 aromatic carbocycles. The number of alkyl carbamates (subject to hydrolysis) is 1. The van der Waals surface area contributed by atoms with Crippen molar-refractivity contribution in [2.24, 2.45) is 5.84 Å². The van der Waals surface area contributed by atoms with Gasteiger partial charge in [-0.25, -0.2) is 4.79 Å². The molecule has 0 radical (unpaired) electrons. The van der Waals surface area contributed by atoms with E-state index in [9.17, 15) is 15.0 Å². The summed E-state index contributed by atoms with van der Waals surface area (Å²) in [7, 11) is 0. The van der Waals surface area contributed by atoms with Gasteiger partial charge < -0.3 is 25.7 Å². The molecule has 0 heterocycles. The quantitative estimate of drug-likeness (QED) is 0.407. The smallest absolute Gasteiger partial charge is 0.407 e. The fraction of sp³-hybridized carbons (Fsp3) is 0.500. The Hall–Kier alpha value is -1.83. The van der Waals surface area contributed by atoms with Crippen LogP contribution in [0.5, 0.6) is 0 Å². The Morgan fingerprint density at radius 1 is 1.33 bits per heavy atom. The van der Waals surface area contributed by atoms with E-state index in [-0.39, 0.29) is 6.54 Å². The number of nitrogens with two attached hydrogens (primary N) is 1. The lowest BCUT2D eigenvalue weighted by Gasteiger charge is -2.23. The highest BCUT2D eigenvalue weighted by atomic mass is 16.6. The zero-order valence-electron chi connectivity index (χ0n) is 12.5. The molecule has 0 spiro atoms. The van der Waals surface area contributed by atoms with E-state index in [2.05, 4.69) is 10.7 Å². The number of rotatable bonds is 5. The molecule has 0 saturated carbocycles. The van der Waals surface area contributed by atoms with Crippen LogP contribution in [0.25, 0.3) is 0 Å². The monoisotopic (exact) mass is 297 g/mol. The van der Waals surface area contributed by atoms with E-state index < -0.39 is 23.9 Å². The van der Waals surface area contributed by atoms with Gasteiger partial charge in [0.25, 0.3) is 0 Å². The van der Waals surface area contributed by atoms with E-state index in [1.807, 2.05) is 0 Å². The zero-order valence-corrected chi connectivity index (χ0v) is 12.5. The predicted molar refractivity (Wildman–Crippen MR) is 79.5 cm³/mol. The zero-order chi connectivity index (χ0) is 16.0. The Balaban J connectivity index is 2.59. The standard InChI is InChI=1S/C14H23N3O4/c1-14(2,3)21-13(20)16-8-11(18)12(19)9-6-4-5-7-10(9)17-15/h4-7,11-12,17-19H,8,15H2,1-3H3,(H,16,20). The minimum absolute atomic E-state index is 0.144. The molecular weight excluding hydrogens is 274 g/mol. The van der Waals surface area contributed by atoms with Crippen molar-refractivity contribution in [3.63, 3.8) is 0 Å². The molecule has 6 N–H and O–H groups in total. The number of hydrogen-bond donors (Lipinski definition) is 5. The van der Waals surface area contributed by atoms with Crippen LogP contribution in [0.1, 0.15) is 32.4 Å². The fourth-order valence-electron chi connectivity index (χ4n) is 1.71. The normalized spacial score (nSPS) is 14.2. The highest BCUT2D eigenvalue weighted by Gasteiger charge is 2.23. The lowest BCUT2D eigenvalue weighted by molar-refractivity contribution is 0.0132. The van der Waals surface area contributed by atoms with Gasteiger partial charge in [-0.2, -0.15) is 0 Å². The van der Waals surface area contributed by atoms with Crippen LogP contribution < -0.4 is 16.6 Å². The van der Waals surface area contributed by atoms with Gasteiger partial charge in [0, 0.05) is 12.1 Å². The van der Waals surface area contributed by atoms with E-state index in [0.717, 1.165) is 0 Å². The van der Waals surface area contributed by atoms with Crippen molar-refractivity contribution in [3.8, 4) is 0 Å². The molecule has 21 heavy (non-hydrogen) atoms. The van der Waals surface area contributed by atoms with Gasteiger partial charge in [0.05, 0.1) is 5.69 Å². The number of hydrogen-bond acceptors (Lipinski definition) is 6. The van der Waals surface area contributed by atoms with Crippen LogP contribution in [0.2, 0.25) is 0 Å². The molecule has 1 rings (SSSR count). The molecule has 0 aliphatic heterocycles. The van der Waals surface area contributed by atoms with E-state index >= 15 is 0 Å². The lowest BCUT2D eigenvalue weighted by atomic mass is 10.0. The molecule has 118 valence electrons. The molecule has 0 saturated heterocycles. The number of carbonyl (C=O) groups excluding carboxylic acids is 1. The van der Waals surface area contributed by atoms with Crippen LogP contribution in [-0.2, 0) is 4.74 Å². The first kappa shape index (κ1) is 17.2. The summed E-state index contributed by atoms with van der Waals surface area (Å²) in [6, 6.07) is 6.77. The number of nitrogen functional groups attached to an aromatic ring is 1. The first-order valence-electron chi connectivity index (χ1n) is 6.63. The van der Waals surface area contributed by atoms with Crippen LogP contribution in [-0.4, -0.2) is 34.6 Å². The van der Waals surface area contributed by atoms with Crippen molar-refractivity contribution in [2.75, 3.05) is 12.0 Å². The van der Waals surface area contributed by atoms with Gasteiger partial charge in [-0.15, -0.1) is 0 Å². The number of para-hydroxylation sites is 1. The average Bonchev–Trinajstić information content (AvgIpc) is 2.42. The van der Waals surface area contributed by atoms with Crippen LogP contribution in [0.3, 0.4) is 0 Å². The third-order valence-corrected chi connectivity index (χ3v) is 2.65. The number of hydrazine groups is 1. The molecular formula is C14H23N3O4. The SMILES string of the molecule is CC(C)(C)OC(=O)NCC(O)C(O)c1ccccc1NN. The number of anilines is 1. The molecule has 0 bridgehead atoms. The Kier molecular flexibility index (Phi) is 5.95. The Labute approximate surface area is 124 Å². The second-order valence-electron chi connectivity index (χ2n) is 5.63. The predicted octanol–water partition coefficient (Wildman–Crippen LogP) is 0.891. The molecule has 1 amide bonds. The number of aliphatic hydroxyl groups is 2. The van der Waals surface area contributed by atoms with E-state index in [1.165, 1.54) is 0 Å². The lowest BCUT2D eigenvalue weighted by Crippen LogP contribution is -2.39. The molecule has 0 aliphatic carbocycles. The maximum Gasteiger partial charge on any atom is 0.407 e. The van der Waals surface area contributed by atoms with Crippen molar-refractivity contribution in [2.45, 2.75) is 38.6 Å². The number of benzene rings is 1. The van der Waals surface area contributed by atoms with Gasteiger partial charge in [0.15, 0.2) is 0 Å². The topological polar surface area (TPSA) is 117 Å². The molecule has 0 aliphatic rings. The molecule has 7 nitrogen and oxygen atoms in total. The van der Waals surface area contributed by atoms with Crippen LogP contribution in [0, 0.1) is 0 Å². The van der Waals surface area contributed by atoms with Crippen LogP contribution in [0.15, 0.2) is 24.3 Å². The van der Waals surface area contributed by atoms with Gasteiger partial charge in [0.2, 0.25) is 0 Å². The first-order valence-corrected chi connectivity index (χ1v) is 6.63. The van der Waals surface area contributed by atoms with Crippen molar-refractivity contribution < 1.29 is 19.7 Å². The van der Waals surface area contributed by atoms with Crippen molar-refractivity contribution in [3.05, 3.63) is 29.8 Å². The molecule has 1 aromatic rings. The van der Waals surface area contributed by atoms with E-state index in [1.54, 1.807) is 45.0 Å². The highest BCUT2D eigenvalue weighted by Crippen LogP contribution is 2.24. The summed E-state index contributed by atoms with van der Waals surface area (Å²) >= 11 is 0. The number of amides is 1. The maximum absolute atomic E-state index is 11.5. The maximum atomic E-state index is 11.5. The fourth-order valence-corrected chi connectivity index (χ4v) is 1.71. The summed E-state index contributed by atoms with van der Waals surface area (Å²) in [4.78, 5) is 11.5. The second-order valence-corrected chi connectivity index (χ2v) is 5.63.